The molecule has 0 spiro atoms. The summed E-state index contributed by atoms with van der Waals surface area (Å²) in [7, 11) is -2.57. The molecule has 1 atom stereocenters. The van der Waals surface area contributed by atoms with Crippen LogP contribution in [0.25, 0.3) is 11.4 Å². The van der Waals surface area contributed by atoms with E-state index in [9.17, 15) is 22.0 Å². The van der Waals surface area contributed by atoms with E-state index in [4.69, 9.17) is 16.1 Å². The molecular weight excluding hydrogens is 466 g/mol. The number of sulfonamides is 1. The summed E-state index contributed by atoms with van der Waals surface area (Å²) in [4.78, 5) is 18.3. The van der Waals surface area contributed by atoms with Gasteiger partial charge >= 0.3 is 0 Å². The predicted octanol–water partition coefficient (Wildman–Crippen LogP) is 3.48. The molecule has 0 aliphatic carbocycles. The number of rotatable bonds is 7. The normalized spacial score (nSPS) is 12.4. The number of nitrogens with zero attached hydrogens (tertiary/aromatic N) is 4. The molecular formula is C20H19ClF2N4O4S. The van der Waals surface area contributed by atoms with Gasteiger partial charge < -0.3 is 9.42 Å². The van der Waals surface area contributed by atoms with Crippen molar-refractivity contribution in [3.8, 4) is 11.4 Å². The van der Waals surface area contributed by atoms with Crippen molar-refractivity contribution in [1.82, 2.24) is 15.0 Å². The van der Waals surface area contributed by atoms with Crippen LogP contribution in [0, 0.1) is 11.6 Å². The Labute approximate surface area is 188 Å². The van der Waals surface area contributed by atoms with E-state index in [1.165, 1.54) is 18.9 Å². The SMILES string of the molecule is C[C@@H](C(=O)N(C)Cc1nc(-c2ccc(Cl)cc2)no1)N(c1ccc(F)c(F)c1)S(C)(=O)=O. The van der Waals surface area contributed by atoms with Crippen molar-refractivity contribution in [2.45, 2.75) is 19.5 Å². The van der Waals surface area contributed by atoms with Gasteiger partial charge in [0.15, 0.2) is 11.6 Å². The number of carbonyl (C=O) groups is 1. The Bertz CT molecular complexity index is 1230. The molecule has 0 unspecified atom stereocenters. The lowest BCUT2D eigenvalue weighted by atomic mass is 10.2. The number of anilines is 1. The van der Waals surface area contributed by atoms with Crippen LogP contribution in [0.5, 0.6) is 0 Å². The van der Waals surface area contributed by atoms with Crippen molar-refractivity contribution in [1.29, 1.82) is 0 Å². The second-order valence-electron chi connectivity index (χ2n) is 7.05. The third kappa shape index (κ3) is 5.22. The summed E-state index contributed by atoms with van der Waals surface area (Å²) < 4.78 is 57.5. The standard InChI is InChI=1S/C20H19ClF2N4O4S/c1-12(27(32(3,29)30)15-8-9-16(22)17(23)10-15)20(28)26(2)11-18-24-19(25-31-18)13-4-6-14(21)7-5-13/h4-10,12H,11H2,1-3H3/t12-/m0/s1. The first-order valence-electron chi connectivity index (χ1n) is 9.25. The second-order valence-corrected chi connectivity index (χ2v) is 9.34. The van der Waals surface area contributed by atoms with Crippen LogP contribution in [0.3, 0.4) is 0 Å². The highest BCUT2D eigenvalue weighted by atomic mass is 35.5. The summed E-state index contributed by atoms with van der Waals surface area (Å²) in [5.41, 5.74) is 0.483. The van der Waals surface area contributed by atoms with Gasteiger partial charge in [-0.05, 0) is 43.3 Å². The molecule has 170 valence electrons. The second kappa shape index (κ2) is 9.21. The molecule has 1 amide bonds. The van der Waals surface area contributed by atoms with Gasteiger partial charge in [-0.25, -0.2) is 17.2 Å². The molecule has 3 rings (SSSR count). The molecule has 2 aromatic carbocycles. The van der Waals surface area contributed by atoms with Gasteiger partial charge in [0, 0.05) is 23.7 Å². The fraction of sp³-hybridized carbons (Fsp3) is 0.250. The lowest BCUT2D eigenvalue weighted by molar-refractivity contribution is -0.131. The fourth-order valence-corrected chi connectivity index (χ4v) is 4.35. The van der Waals surface area contributed by atoms with Crippen molar-refractivity contribution >= 4 is 33.2 Å². The van der Waals surface area contributed by atoms with Crippen LogP contribution in [0.1, 0.15) is 12.8 Å². The molecule has 0 radical (unpaired) electrons. The van der Waals surface area contributed by atoms with Crippen LogP contribution < -0.4 is 4.31 Å². The van der Waals surface area contributed by atoms with E-state index in [-0.39, 0.29) is 18.1 Å². The van der Waals surface area contributed by atoms with Crippen LogP contribution >= 0.6 is 11.6 Å². The van der Waals surface area contributed by atoms with Crippen LogP contribution in [-0.2, 0) is 21.4 Å². The number of benzene rings is 2. The number of halogens is 3. The lowest BCUT2D eigenvalue weighted by Gasteiger charge is -2.30. The van der Waals surface area contributed by atoms with Gasteiger partial charge in [0.25, 0.3) is 0 Å². The molecule has 1 heterocycles. The molecule has 12 heteroatoms. The Kier molecular flexibility index (Phi) is 6.79. The van der Waals surface area contributed by atoms with Gasteiger partial charge in [0.2, 0.25) is 27.6 Å². The highest BCUT2D eigenvalue weighted by Gasteiger charge is 2.32. The number of hydrogen-bond donors (Lipinski definition) is 0. The van der Waals surface area contributed by atoms with Gasteiger partial charge in [-0.2, -0.15) is 4.98 Å². The van der Waals surface area contributed by atoms with E-state index in [0.717, 1.165) is 28.8 Å². The van der Waals surface area contributed by atoms with E-state index in [1.54, 1.807) is 24.3 Å². The van der Waals surface area contributed by atoms with Gasteiger partial charge in [0.05, 0.1) is 18.5 Å². The highest BCUT2D eigenvalue weighted by Crippen LogP contribution is 2.24. The molecule has 0 aliphatic rings. The molecule has 0 aliphatic heterocycles. The average molecular weight is 485 g/mol. The summed E-state index contributed by atoms with van der Waals surface area (Å²) >= 11 is 5.86. The number of likely N-dealkylation sites (N-methyl/N-ethyl adjacent to an activating group) is 1. The summed E-state index contributed by atoms with van der Waals surface area (Å²) in [6, 6.07) is 8.10. The molecule has 0 bridgehead atoms. The van der Waals surface area contributed by atoms with Gasteiger partial charge in [0.1, 0.15) is 6.04 Å². The molecule has 0 fully saturated rings. The van der Waals surface area contributed by atoms with E-state index >= 15 is 0 Å². The van der Waals surface area contributed by atoms with Crippen LogP contribution in [0.15, 0.2) is 47.0 Å². The molecule has 0 saturated carbocycles. The zero-order valence-electron chi connectivity index (χ0n) is 17.3. The van der Waals surface area contributed by atoms with Crippen LogP contribution in [-0.4, -0.2) is 48.7 Å². The highest BCUT2D eigenvalue weighted by molar-refractivity contribution is 7.92. The summed E-state index contributed by atoms with van der Waals surface area (Å²) in [6.07, 6.45) is 0.869. The lowest BCUT2D eigenvalue weighted by Crippen LogP contribution is -2.48. The monoisotopic (exact) mass is 484 g/mol. The van der Waals surface area contributed by atoms with Crippen LogP contribution in [0.4, 0.5) is 14.5 Å². The first-order valence-corrected chi connectivity index (χ1v) is 11.5. The first-order chi connectivity index (χ1) is 15.0. The topological polar surface area (TPSA) is 96.6 Å². The Balaban J connectivity index is 1.79. The third-order valence-electron chi connectivity index (χ3n) is 4.54. The minimum atomic E-state index is -4.00. The first kappa shape index (κ1) is 23.6. The van der Waals surface area contributed by atoms with Crippen molar-refractivity contribution in [2.75, 3.05) is 17.6 Å². The minimum absolute atomic E-state index is 0.0981. The zero-order chi connectivity index (χ0) is 23.6. The van der Waals surface area contributed by atoms with E-state index in [1.807, 2.05) is 0 Å². The Morgan fingerprint density at radius 3 is 2.41 bits per heavy atom. The predicted molar refractivity (Wildman–Crippen MR) is 114 cm³/mol. The number of amides is 1. The molecule has 8 nitrogen and oxygen atoms in total. The smallest absolute Gasteiger partial charge is 0.246 e. The van der Waals surface area contributed by atoms with Crippen LogP contribution in [0.2, 0.25) is 5.02 Å². The molecule has 0 saturated heterocycles. The van der Waals surface area contributed by atoms with Crippen molar-refractivity contribution in [3.05, 3.63) is 65.0 Å². The van der Waals surface area contributed by atoms with E-state index in [2.05, 4.69) is 10.1 Å². The maximum atomic E-state index is 13.7. The maximum Gasteiger partial charge on any atom is 0.246 e. The van der Waals surface area contributed by atoms with E-state index in [0.29, 0.717) is 16.4 Å². The largest absolute Gasteiger partial charge is 0.337 e. The quantitative estimate of drug-likeness (QED) is 0.509. The number of carbonyl (C=O) groups excluding carboxylic acids is 1. The average Bonchev–Trinajstić information content (AvgIpc) is 3.18. The molecule has 1 aromatic heterocycles. The molecule has 3 aromatic rings. The summed E-state index contributed by atoms with van der Waals surface area (Å²) in [5, 5.41) is 4.41. The third-order valence-corrected chi connectivity index (χ3v) is 6.04. The van der Waals surface area contributed by atoms with Crippen molar-refractivity contribution in [3.63, 3.8) is 0 Å². The van der Waals surface area contributed by atoms with Gasteiger partial charge in [-0.3, -0.25) is 9.10 Å². The minimum Gasteiger partial charge on any atom is -0.337 e. The Morgan fingerprint density at radius 2 is 1.81 bits per heavy atom. The number of hydrogen-bond acceptors (Lipinski definition) is 6. The Morgan fingerprint density at radius 1 is 1.16 bits per heavy atom. The fourth-order valence-electron chi connectivity index (χ4n) is 3.06. The number of aromatic nitrogens is 2. The maximum absolute atomic E-state index is 13.7. The van der Waals surface area contributed by atoms with Crippen molar-refractivity contribution in [2.24, 2.45) is 0 Å². The van der Waals surface area contributed by atoms with Gasteiger partial charge in [-0.15, -0.1) is 0 Å². The zero-order valence-corrected chi connectivity index (χ0v) is 18.9. The van der Waals surface area contributed by atoms with Crippen molar-refractivity contribution < 1.29 is 26.5 Å². The summed E-state index contributed by atoms with van der Waals surface area (Å²) in [6.45, 7) is 1.24. The summed E-state index contributed by atoms with van der Waals surface area (Å²) in [5.74, 6) is -2.57. The molecule has 32 heavy (non-hydrogen) atoms. The molecule has 0 N–H and O–H groups in total. The van der Waals surface area contributed by atoms with Gasteiger partial charge in [-0.1, -0.05) is 16.8 Å². The Hall–Kier alpha value is -3.05. The van der Waals surface area contributed by atoms with E-state index < -0.39 is 33.6 Å².